The van der Waals surface area contributed by atoms with E-state index in [1.54, 1.807) is 48.5 Å². The molecule has 0 aliphatic heterocycles. The Morgan fingerprint density at radius 1 is 0.833 bits per heavy atom. The number of carbonyl (C=O) groups is 2. The Bertz CT molecular complexity index is 1160. The maximum atomic E-state index is 12.4. The minimum atomic E-state index is -3.71. The Hall–Kier alpha value is -3.16. The topological polar surface area (TPSA) is 92.3 Å². The normalized spacial score (nSPS) is 11.0. The predicted molar refractivity (Wildman–Crippen MR) is 117 cm³/mol. The van der Waals surface area contributed by atoms with Crippen molar-refractivity contribution in [3.05, 3.63) is 88.9 Å². The van der Waals surface area contributed by atoms with E-state index in [2.05, 4.69) is 10.0 Å². The molecule has 0 heterocycles. The Kier molecular flexibility index (Phi) is 6.54. The maximum absolute atomic E-state index is 12.4. The van der Waals surface area contributed by atoms with E-state index >= 15 is 0 Å². The zero-order valence-corrected chi connectivity index (χ0v) is 17.6. The van der Waals surface area contributed by atoms with Crippen LogP contribution in [-0.4, -0.2) is 20.1 Å². The average Bonchev–Trinajstić information content (AvgIpc) is 2.70. The molecule has 0 fully saturated rings. The first kappa shape index (κ1) is 21.5. The third-order valence-electron chi connectivity index (χ3n) is 4.24. The minimum absolute atomic E-state index is 0.159. The molecule has 2 N–H and O–H groups in total. The number of halogens is 1. The van der Waals surface area contributed by atoms with Crippen LogP contribution in [0.4, 0.5) is 11.4 Å². The zero-order chi connectivity index (χ0) is 21.7. The Morgan fingerprint density at radius 3 is 2.00 bits per heavy atom. The summed E-state index contributed by atoms with van der Waals surface area (Å²) >= 11 is 5.79. The van der Waals surface area contributed by atoms with Gasteiger partial charge in [0.25, 0.3) is 10.0 Å². The Labute approximate surface area is 179 Å². The molecule has 3 aromatic carbocycles. The molecule has 6 nitrogen and oxygen atoms in total. The van der Waals surface area contributed by atoms with Gasteiger partial charge in [-0.3, -0.25) is 14.3 Å². The van der Waals surface area contributed by atoms with Gasteiger partial charge in [0.1, 0.15) is 0 Å². The highest BCUT2D eigenvalue weighted by molar-refractivity contribution is 7.92. The zero-order valence-electron chi connectivity index (χ0n) is 16.1. The van der Waals surface area contributed by atoms with Gasteiger partial charge in [0.15, 0.2) is 5.78 Å². The van der Waals surface area contributed by atoms with E-state index in [-0.39, 0.29) is 17.1 Å². The fourth-order valence-electron chi connectivity index (χ4n) is 2.64. The number of aryl methyl sites for hydroxylation is 1. The SMILES string of the molecule is Cc1ccc(S(=O)(=O)Nc2ccc(NC(=O)CC(=O)c3ccc(Cl)cc3)cc2)cc1. The summed E-state index contributed by atoms with van der Waals surface area (Å²) < 4.78 is 27.3. The summed E-state index contributed by atoms with van der Waals surface area (Å²) in [5.74, 6) is -0.797. The number of ketones is 1. The minimum Gasteiger partial charge on any atom is -0.326 e. The van der Waals surface area contributed by atoms with Gasteiger partial charge in [-0.1, -0.05) is 29.3 Å². The van der Waals surface area contributed by atoms with Crippen LogP contribution in [0.2, 0.25) is 5.02 Å². The van der Waals surface area contributed by atoms with E-state index < -0.39 is 15.9 Å². The van der Waals surface area contributed by atoms with Gasteiger partial charge in [-0.15, -0.1) is 0 Å². The number of hydrogen-bond donors (Lipinski definition) is 2. The van der Waals surface area contributed by atoms with Crippen LogP contribution < -0.4 is 10.0 Å². The maximum Gasteiger partial charge on any atom is 0.261 e. The van der Waals surface area contributed by atoms with Crippen molar-refractivity contribution in [3.8, 4) is 0 Å². The summed E-state index contributed by atoms with van der Waals surface area (Å²) in [6, 6.07) is 19.0. The molecule has 0 saturated carbocycles. The van der Waals surface area contributed by atoms with Crippen molar-refractivity contribution in [2.24, 2.45) is 0 Å². The fraction of sp³-hybridized carbons (Fsp3) is 0.0909. The van der Waals surface area contributed by atoms with Crippen LogP contribution in [0.25, 0.3) is 0 Å². The Morgan fingerprint density at radius 2 is 1.40 bits per heavy atom. The molecule has 0 atom stereocenters. The molecule has 0 aromatic heterocycles. The molecule has 30 heavy (non-hydrogen) atoms. The largest absolute Gasteiger partial charge is 0.326 e. The molecule has 0 spiro atoms. The van der Waals surface area contributed by atoms with Crippen LogP contribution in [0, 0.1) is 6.92 Å². The van der Waals surface area contributed by atoms with E-state index in [0.29, 0.717) is 22.0 Å². The van der Waals surface area contributed by atoms with E-state index in [1.807, 2.05) is 6.92 Å². The van der Waals surface area contributed by atoms with Crippen molar-refractivity contribution in [2.75, 3.05) is 10.0 Å². The van der Waals surface area contributed by atoms with Gasteiger partial charge in [-0.25, -0.2) is 8.42 Å². The number of anilines is 2. The quantitative estimate of drug-likeness (QED) is 0.411. The van der Waals surface area contributed by atoms with Crippen molar-refractivity contribution >= 4 is 44.7 Å². The molecule has 1 amide bonds. The standard InChI is InChI=1S/C22H19ClN2O4S/c1-15-2-12-20(13-3-15)30(28,29)25-19-10-8-18(9-11-19)24-22(27)14-21(26)16-4-6-17(23)7-5-16/h2-13,25H,14H2,1H3,(H,24,27). The highest BCUT2D eigenvalue weighted by Crippen LogP contribution is 2.19. The van der Waals surface area contributed by atoms with Gasteiger partial charge in [0.05, 0.1) is 11.3 Å². The molecular weight excluding hydrogens is 424 g/mol. The van der Waals surface area contributed by atoms with E-state index in [4.69, 9.17) is 11.6 Å². The highest BCUT2D eigenvalue weighted by atomic mass is 35.5. The monoisotopic (exact) mass is 442 g/mol. The first-order chi connectivity index (χ1) is 14.2. The lowest BCUT2D eigenvalue weighted by molar-refractivity contribution is -0.115. The molecule has 3 rings (SSSR count). The summed E-state index contributed by atoms with van der Waals surface area (Å²) in [4.78, 5) is 24.4. The van der Waals surface area contributed by atoms with Crippen molar-refractivity contribution in [1.82, 2.24) is 0 Å². The van der Waals surface area contributed by atoms with E-state index in [9.17, 15) is 18.0 Å². The van der Waals surface area contributed by atoms with Gasteiger partial charge < -0.3 is 5.32 Å². The Balaban J connectivity index is 1.60. The molecule has 0 saturated heterocycles. The third-order valence-corrected chi connectivity index (χ3v) is 5.89. The lowest BCUT2D eigenvalue weighted by atomic mass is 10.1. The summed E-state index contributed by atoms with van der Waals surface area (Å²) in [5.41, 5.74) is 2.16. The molecular formula is C22H19ClN2O4S. The number of rotatable bonds is 7. The number of amides is 1. The molecule has 0 aliphatic rings. The smallest absolute Gasteiger partial charge is 0.261 e. The first-order valence-electron chi connectivity index (χ1n) is 9.01. The number of hydrogen-bond acceptors (Lipinski definition) is 4. The number of benzene rings is 3. The molecule has 0 bridgehead atoms. The molecule has 0 aliphatic carbocycles. The average molecular weight is 443 g/mol. The molecule has 0 radical (unpaired) electrons. The van der Waals surface area contributed by atoms with Gasteiger partial charge in [0, 0.05) is 22.0 Å². The lowest BCUT2D eigenvalue weighted by Gasteiger charge is -2.10. The number of Topliss-reactive ketones (excluding diaryl/α,β-unsaturated/α-hetero) is 1. The number of sulfonamides is 1. The second-order valence-electron chi connectivity index (χ2n) is 6.65. The van der Waals surface area contributed by atoms with Crippen molar-refractivity contribution in [1.29, 1.82) is 0 Å². The first-order valence-corrected chi connectivity index (χ1v) is 10.9. The van der Waals surface area contributed by atoms with E-state index in [1.165, 1.54) is 24.3 Å². The predicted octanol–water partition coefficient (Wildman–Crippen LogP) is 4.66. The van der Waals surface area contributed by atoms with Crippen molar-refractivity contribution in [2.45, 2.75) is 18.2 Å². The number of carbonyl (C=O) groups excluding carboxylic acids is 2. The van der Waals surface area contributed by atoms with Gasteiger partial charge in [-0.2, -0.15) is 0 Å². The van der Waals surface area contributed by atoms with Crippen LogP contribution in [0.1, 0.15) is 22.3 Å². The van der Waals surface area contributed by atoms with E-state index in [0.717, 1.165) is 5.56 Å². The number of nitrogens with one attached hydrogen (secondary N) is 2. The van der Waals surface area contributed by atoms with Crippen LogP contribution >= 0.6 is 11.6 Å². The summed E-state index contributed by atoms with van der Waals surface area (Å²) in [5, 5.41) is 3.13. The molecule has 8 heteroatoms. The lowest BCUT2D eigenvalue weighted by Crippen LogP contribution is -2.16. The van der Waals surface area contributed by atoms with Crippen LogP contribution in [-0.2, 0) is 14.8 Å². The second-order valence-corrected chi connectivity index (χ2v) is 8.77. The summed E-state index contributed by atoms with van der Waals surface area (Å²) in [6.07, 6.45) is -0.316. The van der Waals surface area contributed by atoms with Crippen LogP contribution in [0.5, 0.6) is 0 Å². The molecule has 0 unspecified atom stereocenters. The summed E-state index contributed by atoms with van der Waals surface area (Å²) in [6.45, 7) is 1.87. The fourth-order valence-corrected chi connectivity index (χ4v) is 3.83. The summed E-state index contributed by atoms with van der Waals surface area (Å²) in [7, 11) is -3.71. The van der Waals surface area contributed by atoms with Crippen LogP contribution in [0.15, 0.2) is 77.7 Å². The third kappa shape index (κ3) is 5.68. The van der Waals surface area contributed by atoms with Gasteiger partial charge >= 0.3 is 0 Å². The van der Waals surface area contributed by atoms with Crippen molar-refractivity contribution in [3.63, 3.8) is 0 Å². The van der Waals surface area contributed by atoms with Gasteiger partial charge in [-0.05, 0) is 67.6 Å². The second kappa shape index (κ2) is 9.11. The van der Waals surface area contributed by atoms with Crippen molar-refractivity contribution < 1.29 is 18.0 Å². The molecule has 154 valence electrons. The highest BCUT2D eigenvalue weighted by Gasteiger charge is 2.15. The van der Waals surface area contributed by atoms with Crippen LogP contribution in [0.3, 0.4) is 0 Å². The molecule has 3 aromatic rings. The van der Waals surface area contributed by atoms with Gasteiger partial charge in [0.2, 0.25) is 5.91 Å².